The van der Waals surface area contributed by atoms with Gasteiger partial charge >= 0.3 is 10.4 Å². The summed E-state index contributed by atoms with van der Waals surface area (Å²) in [6, 6.07) is 8.42. The Morgan fingerprint density at radius 1 is 1.21 bits per heavy atom. The number of aromatic hydroxyl groups is 1. The summed E-state index contributed by atoms with van der Waals surface area (Å²) in [6.45, 7) is 0. The molecule has 1 aromatic carbocycles. The zero-order valence-corrected chi connectivity index (χ0v) is 15.0. The standard InChI is InChI=1S/C12H9Cl2N3O.Fe.H2O4S/c13-9-5-8(12(18)10(14)6-9)7-16-17-11-3-1-2-4-15-11;;1-5(2,3)4/h1-7,18H,(H,15,17);;(H2,1,2,3,4)/b16-7+;;. The normalized spacial score (nSPS) is 10.5. The van der Waals surface area contributed by atoms with Gasteiger partial charge in [0, 0.05) is 33.9 Å². The Bertz CT molecular complexity index is 783. The van der Waals surface area contributed by atoms with Gasteiger partial charge in [-0.1, -0.05) is 29.3 Å². The number of nitrogens with zero attached hydrogens (tertiary/aromatic N) is 2. The molecule has 24 heavy (non-hydrogen) atoms. The summed E-state index contributed by atoms with van der Waals surface area (Å²) in [4.78, 5) is 4.03. The van der Waals surface area contributed by atoms with Crippen LogP contribution in [0, 0.1) is 0 Å². The van der Waals surface area contributed by atoms with Crippen LogP contribution >= 0.6 is 23.2 Å². The van der Waals surface area contributed by atoms with E-state index in [0.29, 0.717) is 16.4 Å². The number of aromatic nitrogens is 1. The topological polar surface area (TPSA) is 132 Å². The molecule has 0 radical (unpaired) electrons. The third kappa shape index (κ3) is 9.68. The Balaban J connectivity index is 0.000000777. The SMILES string of the molecule is O=S(=O)(O)O.Oc1c(Cl)cc(Cl)cc1/C=N/Nc1ccccn1.[Fe]. The second kappa shape index (κ2) is 10.5. The first-order valence-electron chi connectivity index (χ1n) is 5.75. The minimum atomic E-state index is -4.67. The van der Waals surface area contributed by atoms with Crippen LogP contribution in [0.25, 0.3) is 0 Å². The van der Waals surface area contributed by atoms with Crippen molar-refractivity contribution in [3.8, 4) is 5.75 Å². The van der Waals surface area contributed by atoms with Gasteiger partial charge < -0.3 is 5.11 Å². The molecule has 2 aromatic rings. The molecule has 0 aliphatic rings. The van der Waals surface area contributed by atoms with Gasteiger partial charge in [0.25, 0.3) is 0 Å². The van der Waals surface area contributed by atoms with Crippen molar-refractivity contribution in [2.75, 3.05) is 5.43 Å². The summed E-state index contributed by atoms with van der Waals surface area (Å²) in [5, 5.41) is 14.2. The number of halogens is 2. The molecule has 1 aromatic heterocycles. The molecule has 1 heterocycles. The number of phenols is 1. The summed E-state index contributed by atoms with van der Waals surface area (Å²) < 4.78 is 31.6. The van der Waals surface area contributed by atoms with Crippen LogP contribution in [0.4, 0.5) is 5.82 Å². The predicted molar refractivity (Wildman–Crippen MR) is 87.8 cm³/mol. The van der Waals surface area contributed by atoms with Crippen LogP contribution in [0.2, 0.25) is 10.0 Å². The van der Waals surface area contributed by atoms with E-state index in [1.807, 2.05) is 6.07 Å². The molecule has 0 atom stereocenters. The molecular formula is C12H11Cl2FeN3O5S. The molecule has 0 fully saturated rings. The van der Waals surface area contributed by atoms with Crippen molar-refractivity contribution < 1.29 is 39.7 Å². The maximum atomic E-state index is 9.69. The molecule has 0 bridgehead atoms. The fourth-order valence-electron chi connectivity index (χ4n) is 1.28. The second-order valence-electron chi connectivity index (χ2n) is 3.86. The van der Waals surface area contributed by atoms with Gasteiger partial charge in [-0.2, -0.15) is 13.5 Å². The van der Waals surface area contributed by atoms with Crippen molar-refractivity contribution in [3.63, 3.8) is 0 Å². The van der Waals surface area contributed by atoms with E-state index in [1.165, 1.54) is 12.3 Å². The first-order chi connectivity index (χ1) is 10.7. The van der Waals surface area contributed by atoms with E-state index in [2.05, 4.69) is 15.5 Å². The summed E-state index contributed by atoms with van der Waals surface area (Å²) in [6.07, 6.45) is 3.06. The van der Waals surface area contributed by atoms with E-state index in [1.54, 1.807) is 24.4 Å². The first-order valence-corrected chi connectivity index (χ1v) is 7.90. The quantitative estimate of drug-likeness (QED) is 0.252. The van der Waals surface area contributed by atoms with Crippen molar-refractivity contribution in [1.29, 1.82) is 0 Å². The van der Waals surface area contributed by atoms with Crippen LogP contribution in [0.3, 0.4) is 0 Å². The van der Waals surface area contributed by atoms with Crippen LogP contribution in [0.15, 0.2) is 41.6 Å². The Labute approximate surface area is 158 Å². The van der Waals surface area contributed by atoms with Gasteiger partial charge in [-0.05, 0) is 24.3 Å². The van der Waals surface area contributed by atoms with E-state index in [-0.39, 0.29) is 27.8 Å². The van der Waals surface area contributed by atoms with E-state index >= 15 is 0 Å². The molecule has 4 N–H and O–H groups in total. The number of hydrogen-bond acceptors (Lipinski definition) is 6. The summed E-state index contributed by atoms with van der Waals surface area (Å²) in [5.74, 6) is 0.536. The molecule has 132 valence electrons. The van der Waals surface area contributed by atoms with Gasteiger partial charge in [0.15, 0.2) is 0 Å². The Kier molecular flexibility index (Phi) is 9.86. The summed E-state index contributed by atoms with van der Waals surface area (Å²) in [5.41, 5.74) is 3.15. The van der Waals surface area contributed by atoms with Crippen molar-refractivity contribution in [2.24, 2.45) is 5.10 Å². The molecule has 0 unspecified atom stereocenters. The van der Waals surface area contributed by atoms with E-state index in [0.717, 1.165) is 0 Å². The molecular weight excluding hydrogens is 425 g/mol. The molecule has 0 aliphatic carbocycles. The number of pyridine rings is 1. The van der Waals surface area contributed by atoms with Gasteiger partial charge in [0.05, 0.1) is 11.2 Å². The Hall–Kier alpha value is -1.39. The van der Waals surface area contributed by atoms with Crippen molar-refractivity contribution in [3.05, 3.63) is 52.1 Å². The predicted octanol–water partition coefficient (Wildman–Crippen LogP) is 2.88. The van der Waals surface area contributed by atoms with E-state index in [9.17, 15) is 5.11 Å². The third-order valence-electron chi connectivity index (χ3n) is 2.11. The van der Waals surface area contributed by atoms with Crippen LogP contribution in [-0.2, 0) is 27.5 Å². The number of nitrogens with one attached hydrogen (secondary N) is 1. The van der Waals surface area contributed by atoms with E-state index in [4.69, 9.17) is 40.7 Å². The fraction of sp³-hybridized carbons (Fsp3) is 0. The van der Waals surface area contributed by atoms with Gasteiger partial charge in [0.1, 0.15) is 11.6 Å². The molecule has 0 saturated carbocycles. The van der Waals surface area contributed by atoms with Gasteiger partial charge in [-0.15, -0.1) is 0 Å². The first kappa shape index (κ1) is 22.6. The molecule has 0 saturated heterocycles. The average Bonchev–Trinajstić information content (AvgIpc) is 2.43. The zero-order valence-electron chi connectivity index (χ0n) is 11.6. The monoisotopic (exact) mass is 435 g/mol. The second-order valence-corrected chi connectivity index (χ2v) is 5.60. The summed E-state index contributed by atoms with van der Waals surface area (Å²) in [7, 11) is -4.67. The van der Waals surface area contributed by atoms with Crippen LogP contribution in [0.5, 0.6) is 5.75 Å². The van der Waals surface area contributed by atoms with E-state index < -0.39 is 10.4 Å². The number of anilines is 1. The maximum Gasteiger partial charge on any atom is 0.394 e. The molecule has 12 heteroatoms. The fourth-order valence-corrected chi connectivity index (χ4v) is 1.79. The molecule has 2 rings (SSSR count). The van der Waals surface area contributed by atoms with Crippen molar-refractivity contribution in [1.82, 2.24) is 4.98 Å². The largest absolute Gasteiger partial charge is 0.506 e. The number of hydrogen-bond donors (Lipinski definition) is 4. The van der Waals surface area contributed by atoms with Crippen LogP contribution in [-0.4, -0.2) is 33.8 Å². The van der Waals surface area contributed by atoms with Crippen LogP contribution in [0.1, 0.15) is 5.56 Å². The number of phenolic OH excluding ortho intramolecular Hbond substituents is 1. The van der Waals surface area contributed by atoms with Gasteiger partial charge in [-0.25, -0.2) is 4.98 Å². The smallest absolute Gasteiger partial charge is 0.394 e. The van der Waals surface area contributed by atoms with Gasteiger partial charge in [-0.3, -0.25) is 14.5 Å². The minimum Gasteiger partial charge on any atom is -0.506 e. The minimum absolute atomic E-state index is 0. The molecule has 0 aliphatic heterocycles. The molecule has 0 amide bonds. The Morgan fingerprint density at radius 2 is 1.83 bits per heavy atom. The number of benzene rings is 1. The maximum absolute atomic E-state index is 9.69. The van der Waals surface area contributed by atoms with Crippen molar-refractivity contribution in [2.45, 2.75) is 0 Å². The molecule has 0 spiro atoms. The average molecular weight is 436 g/mol. The molecule has 8 nitrogen and oxygen atoms in total. The zero-order chi connectivity index (χ0) is 17.5. The number of rotatable bonds is 3. The Morgan fingerprint density at radius 3 is 2.38 bits per heavy atom. The van der Waals surface area contributed by atoms with Crippen molar-refractivity contribution >= 4 is 45.6 Å². The van der Waals surface area contributed by atoms with Crippen LogP contribution < -0.4 is 5.43 Å². The third-order valence-corrected chi connectivity index (χ3v) is 2.61. The summed E-state index contributed by atoms with van der Waals surface area (Å²) >= 11 is 11.6. The number of hydrazone groups is 1. The van der Waals surface area contributed by atoms with Gasteiger partial charge in [0.2, 0.25) is 0 Å².